The Morgan fingerprint density at radius 1 is 1.00 bits per heavy atom. The van der Waals surface area contributed by atoms with E-state index in [1.54, 1.807) is 6.07 Å². The number of fused-ring (bicyclic) bond motifs is 1. The molecule has 0 unspecified atom stereocenters. The molecular weight excluding hydrogens is 263 g/mol. The number of aryl methyl sites for hydroxylation is 1. The van der Waals surface area contributed by atoms with Gasteiger partial charge >= 0.3 is 0 Å². The van der Waals surface area contributed by atoms with Crippen LogP contribution in [0.25, 0.3) is 10.9 Å². The zero-order valence-corrected chi connectivity index (χ0v) is 11.9. The molecule has 21 heavy (non-hydrogen) atoms. The van der Waals surface area contributed by atoms with Gasteiger partial charge in [-0.25, -0.2) is 4.39 Å². The average Bonchev–Trinajstić information content (AvgIpc) is 2.50. The molecule has 3 aromatic rings. The molecule has 0 bridgehead atoms. The number of hydrogen-bond donors (Lipinski definition) is 1. The summed E-state index contributed by atoms with van der Waals surface area (Å²) in [4.78, 5) is 4.45. The maximum Gasteiger partial charge on any atom is 0.123 e. The topological polar surface area (TPSA) is 24.9 Å². The molecule has 0 saturated heterocycles. The number of rotatable bonds is 4. The van der Waals surface area contributed by atoms with Crippen molar-refractivity contribution < 1.29 is 4.39 Å². The number of benzene rings is 2. The van der Waals surface area contributed by atoms with E-state index in [1.807, 2.05) is 31.3 Å². The summed E-state index contributed by atoms with van der Waals surface area (Å²) < 4.78 is 13.1. The summed E-state index contributed by atoms with van der Waals surface area (Å²) in [6.45, 7) is 3.39. The lowest BCUT2D eigenvalue weighted by atomic mass is 10.1. The minimum Gasteiger partial charge on any atom is -0.309 e. The minimum atomic E-state index is -0.186. The minimum absolute atomic E-state index is 0.186. The van der Waals surface area contributed by atoms with E-state index in [2.05, 4.69) is 28.5 Å². The van der Waals surface area contributed by atoms with Gasteiger partial charge in [0, 0.05) is 24.7 Å². The van der Waals surface area contributed by atoms with Crippen molar-refractivity contribution in [3.05, 3.63) is 77.2 Å². The average molecular weight is 280 g/mol. The van der Waals surface area contributed by atoms with E-state index in [0.29, 0.717) is 0 Å². The van der Waals surface area contributed by atoms with Crippen molar-refractivity contribution in [1.29, 1.82) is 0 Å². The number of aromatic nitrogens is 1. The van der Waals surface area contributed by atoms with Gasteiger partial charge in [0.1, 0.15) is 5.82 Å². The molecule has 0 aliphatic carbocycles. The van der Waals surface area contributed by atoms with Gasteiger partial charge in [0.05, 0.1) is 5.52 Å². The van der Waals surface area contributed by atoms with Crippen molar-refractivity contribution in [2.75, 3.05) is 0 Å². The van der Waals surface area contributed by atoms with E-state index >= 15 is 0 Å². The second-order valence-corrected chi connectivity index (χ2v) is 5.17. The first-order valence-electron chi connectivity index (χ1n) is 7.02. The van der Waals surface area contributed by atoms with Crippen molar-refractivity contribution in [3.63, 3.8) is 0 Å². The second kappa shape index (κ2) is 6.02. The summed E-state index contributed by atoms with van der Waals surface area (Å²) >= 11 is 0. The first-order chi connectivity index (χ1) is 10.2. The SMILES string of the molecule is Cc1cc(F)ccc1CNCc1cccc2cccnc12. The van der Waals surface area contributed by atoms with E-state index < -0.39 is 0 Å². The molecule has 0 amide bonds. The predicted octanol–water partition coefficient (Wildman–Crippen LogP) is 3.97. The maximum atomic E-state index is 13.1. The van der Waals surface area contributed by atoms with Crippen LogP contribution in [-0.2, 0) is 13.1 Å². The van der Waals surface area contributed by atoms with Crippen LogP contribution in [0.2, 0.25) is 0 Å². The number of pyridine rings is 1. The monoisotopic (exact) mass is 280 g/mol. The summed E-state index contributed by atoms with van der Waals surface area (Å²) in [6.07, 6.45) is 1.82. The molecule has 1 N–H and O–H groups in total. The highest BCUT2D eigenvalue weighted by molar-refractivity contribution is 5.81. The van der Waals surface area contributed by atoms with Crippen molar-refractivity contribution in [2.45, 2.75) is 20.0 Å². The third-order valence-electron chi connectivity index (χ3n) is 3.65. The van der Waals surface area contributed by atoms with Gasteiger partial charge in [-0.2, -0.15) is 0 Å². The molecule has 0 aliphatic rings. The summed E-state index contributed by atoms with van der Waals surface area (Å²) in [5.74, 6) is -0.186. The number of para-hydroxylation sites is 1. The molecule has 1 heterocycles. The molecule has 106 valence electrons. The number of nitrogens with one attached hydrogen (secondary N) is 1. The molecule has 0 atom stereocenters. The first-order valence-corrected chi connectivity index (χ1v) is 7.02. The summed E-state index contributed by atoms with van der Waals surface area (Å²) in [5, 5.41) is 4.56. The van der Waals surface area contributed by atoms with E-state index in [9.17, 15) is 4.39 Å². The summed E-state index contributed by atoms with van der Waals surface area (Å²) in [5.41, 5.74) is 4.29. The Balaban J connectivity index is 1.72. The summed E-state index contributed by atoms with van der Waals surface area (Å²) in [6, 6.07) is 15.1. The van der Waals surface area contributed by atoms with Crippen molar-refractivity contribution in [3.8, 4) is 0 Å². The smallest absolute Gasteiger partial charge is 0.123 e. The van der Waals surface area contributed by atoms with Gasteiger partial charge < -0.3 is 5.32 Å². The Morgan fingerprint density at radius 3 is 2.67 bits per heavy atom. The lowest BCUT2D eigenvalue weighted by Crippen LogP contribution is -2.14. The zero-order valence-electron chi connectivity index (χ0n) is 11.9. The molecule has 0 radical (unpaired) electrons. The molecule has 2 nitrogen and oxygen atoms in total. The predicted molar refractivity (Wildman–Crippen MR) is 83.4 cm³/mol. The van der Waals surface area contributed by atoms with E-state index in [1.165, 1.54) is 11.6 Å². The van der Waals surface area contributed by atoms with Crippen LogP contribution >= 0.6 is 0 Å². The normalized spacial score (nSPS) is 11.0. The number of nitrogens with zero attached hydrogens (tertiary/aromatic N) is 1. The highest BCUT2D eigenvalue weighted by Gasteiger charge is 2.03. The molecule has 2 aromatic carbocycles. The molecule has 0 spiro atoms. The Labute approximate surface area is 123 Å². The fourth-order valence-electron chi connectivity index (χ4n) is 2.50. The lowest BCUT2D eigenvalue weighted by Gasteiger charge is -2.09. The molecular formula is C18H17FN2. The van der Waals surface area contributed by atoms with Crippen molar-refractivity contribution in [2.24, 2.45) is 0 Å². The van der Waals surface area contributed by atoms with Crippen LogP contribution in [0.15, 0.2) is 54.7 Å². The fraction of sp³-hybridized carbons (Fsp3) is 0.167. The van der Waals surface area contributed by atoms with Crippen LogP contribution in [0.5, 0.6) is 0 Å². The van der Waals surface area contributed by atoms with E-state index in [0.717, 1.165) is 35.1 Å². The van der Waals surface area contributed by atoms with Crippen LogP contribution in [0.1, 0.15) is 16.7 Å². The highest BCUT2D eigenvalue weighted by Crippen LogP contribution is 2.16. The second-order valence-electron chi connectivity index (χ2n) is 5.17. The lowest BCUT2D eigenvalue weighted by molar-refractivity contribution is 0.623. The standard InChI is InChI=1S/C18H17FN2/c1-13-10-17(19)8-7-15(13)11-20-12-16-5-2-4-14-6-3-9-21-18(14)16/h2-10,20H,11-12H2,1H3. The molecule has 0 fully saturated rings. The Kier molecular flexibility index (Phi) is 3.93. The van der Waals surface area contributed by atoms with Gasteiger partial charge in [-0.05, 0) is 41.8 Å². The van der Waals surface area contributed by atoms with Crippen LogP contribution in [0.4, 0.5) is 4.39 Å². The van der Waals surface area contributed by atoms with E-state index in [-0.39, 0.29) is 5.82 Å². The van der Waals surface area contributed by atoms with Crippen LogP contribution < -0.4 is 5.32 Å². The molecule has 3 rings (SSSR count). The van der Waals surface area contributed by atoms with E-state index in [4.69, 9.17) is 0 Å². The van der Waals surface area contributed by atoms with Gasteiger partial charge in [-0.3, -0.25) is 4.98 Å². The molecule has 3 heteroatoms. The number of hydrogen-bond acceptors (Lipinski definition) is 2. The third-order valence-corrected chi connectivity index (χ3v) is 3.65. The van der Waals surface area contributed by atoms with Gasteiger partial charge in [-0.15, -0.1) is 0 Å². The quantitative estimate of drug-likeness (QED) is 0.782. The Bertz CT molecular complexity index is 763. The molecule has 1 aromatic heterocycles. The third kappa shape index (κ3) is 3.09. The molecule has 0 aliphatic heterocycles. The largest absolute Gasteiger partial charge is 0.309 e. The van der Waals surface area contributed by atoms with Crippen LogP contribution in [0.3, 0.4) is 0 Å². The highest BCUT2D eigenvalue weighted by atomic mass is 19.1. The Hall–Kier alpha value is -2.26. The van der Waals surface area contributed by atoms with Gasteiger partial charge in [-0.1, -0.05) is 30.3 Å². The first kappa shape index (κ1) is 13.7. The van der Waals surface area contributed by atoms with Gasteiger partial charge in [0.2, 0.25) is 0 Å². The van der Waals surface area contributed by atoms with Gasteiger partial charge in [0.15, 0.2) is 0 Å². The number of halogens is 1. The fourth-order valence-corrected chi connectivity index (χ4v) is 2.50. The van der Waals surface area contributed by atoms with Crippen molar-refractivity contribution >= 4 is 10.9 Å². The molecule has 0 saturated carbocycles. The Morgan fingerprint density at radius 2 is 1.81 bits per heavy atom. The van der Waals surface area contributed by atoms with Gasteiger partial charge in [0.25, 0.3) is 0 Å². The van der Waals surface area contributed by atoms with Crippen LogP contribution in [-0.4, -0.2) is 4.98 Å². The van der Waals surface area contributed by atoms with Crippen LogP contribution in [0, 0.1) is 12.7 Å². The summed E-state index contributed by atoms with van der Waals surface area (Å²) in [7, 11) is 0. The maximum absolute atomic E-state index is 13.1. The van der Waals surface area contributed by atoms with Crippen molar-refractivity contribution in [1.82, 2.24) is 10.3 Å². The zero-order chi connectivity index (χ0) is 14.7.